The van der Waals surface area contributed by atoms with Crippen molar-refractivity contribution in [2.45, 2.75) is 38.3 Å². The highest BCUT2D eigenvalue weighted by Gasteiger charge is 2.20. The van der Waals surface area contributed by atoms with Gasteiger partial charge in [0.05, 0.1) is 13.5 Å². The van der Waals surface area contributed by atoms with Crippen molar-refractivity contribution in [3.63, 3.8) is 0 Å². The third-order valence-corrected chi connectivity index (χ3v) is 4.20. The van der Waals surface area contributed by atoms with Gasteiger partial charge in [-0.15, -0.1) is 0 Å². The number of nitrogens with zero attached hydrogens (tertiary/aromatic N) is 2. The number of hydrogen-bond acceptors (Lipinski definition) is 4. The number of carbonyl (C=O) groups is 1. The summed E-state index contributed by atoms with van der Waals surface area (Å²) in [6, 6.07) is 4.46. The molecule has 2 aromatic rings. The number of benzene rings is 1. The molecule has 1 aliphatic heterocycles. The Morgan fingerprint density at radius 1 is 1.50 bits per heavy atom. The molecular weight excluding hydrogens is 315 g/mol. The average molecular weight is 334 g/mol. The SMILES string of the molecule is COc1ccc(CC(=O)NC2CCc3n[nH]c(=O)n3CC2)cc1F. The van der Waals surface area contributed by atoms with Gasteiger partial charge in [0.25, 0.3) is 0 Å². The van der Waals surface area contributed by atoms with Crippen molar-refractivity contribution in [1.82, 2.24) is 20.1 Å². The molecule has 0 bridgehead atoms. The number of ether oxygens (including phenoxy) is 1. The summed E-state index contributed by atoms with van der Waals surface area (Å²) in [6.45, 7) is 0.521. The van der Waals surface area contributed by atoms with Gasteiger partial charge in [-0.25, -0.2) is 14.3 Å². The van der Waals surface area contributed by atoms with Crippen LogP contribution in [0.25, 0.3) is 0 Å². The van der Waals surface area contributed by atoms with Crippen LogP contribution < -0.4 is 15.7 Å². The topological polar surface area (TPSA) is 89.0 Å². The minimum absolute atomic E-state index is 0.0262. The Morgan fingerprint density at radius 3 is 3.08 bits per heavy atom. The Morgan fingerprint density at radius 2 is 2.33 bits per heavy atom. The van der Waals surface area contributed by atoms with Crippen LogP contribution in [0, 0.1) is 5.82 Å². The van der Waals surface area contributed by atoms with E-state index in [9.17, 15) is 14.0 Å². The van der Waals surface area contributed by atoms with E-state index in [1.54, 1.807) is 10.6 Å². The van der Waals surface area contributed by atoms with Crippen molar-refractivity contribution in [3.05, 3.63) is 45.9 Å². The molecule has 1 aromatic heterocycles. The van der Waals surface area contributed by atoms with Crippen molar-refractivity contribution in [2.24, 2.45) is 0 Å². The average Bonchev–Trinajstić information content (AvgIpc) is 2.77. The van der Waals surface area contributed by atoms with Crippen LogP contribution in [-0.4, -0.2) is 33.8 Å². The molecule has 1 amide bonds. The fraction of sp³-hybridized carbons (Fsp3) is 0.438. The van der Waals surface area contributed by atoms with E-state index in [4.69, 9.17) is 4.74 Å². The van der Waals surface area contributed by atoms with E-state index in [2.05, 4.69) is 15.5 Å². The van der Waals surface area contributed by atoms with E-state index in [1.807, 2.05) is 0 Å². The molecule has 2 N–H and O–H groups in total. The van der Waals surface area contributed by atoms with Crippen LogP contribution in [0.3, 0.4) is 0 Å². The standard InChI is InChI=1S/C16H19FN4O3/c1-24-13-4-2-10(8-12(13)17)9-15(22)18-11-3-5-14-19-20-16(23)21(14)7-6-11/h2,4,8,11H,3,5-7,9H2,1H3,(H,18,22)(H,20,23). The number of halogens is 1. The summed E-state index contributed by atoms with van der Waals surface area (Å²) in [5.41, 5.74) is 0.370. The van der Waals surface area contributed by atoms with Gasteiger partial charge in [0.1, 0.15) is 5.82 Å². The van der Waals surface area contributed by atoms with Crippen LogP contribution >= 0.6 is 0 Å². The first-order valence-electron chi connectivity index (χ1n) is 7.82. The molecule has 1 unspecified atom stereocenters. The zero-order valence-electron chi connectivity index (χ0n) is 13.3. The van der Waals surface area contributed by atoms with Crippen molar-refractivity contribution in [1.29, 1.82) is 0 Å². The maximum atomic E-state index is 13.7. The van der Waals surface area contributed by atoms with E-state index in [1.165, 1.54) is 19.2 Å². The number of methoxy groups -OCH3 is 1. The van der Waals surface area contributed by atoms with Gasteiger partial charge in [-0.05, 0) is 30.5 Å². The number of fused-ring (bicyclic) bond motifs is 1. The molecule has 0 fully saturated rings. The zero-order valence-corrected chi connectivity index (χ0v) is 13.3. The third kappa shape index (κ3) is 3.47. The number of rotatable bonds is 4. The minimum Gasteiger partial charge on any atom is -0.494 e. The van der Waals surface area contributed by atoms with Crippen LogP contribution in [-0.2, 0) is 24.2 Å². The quantitative estimate of drug-likeness (QED) is 0.865. The van der Waals surface area contributed by atoms with Crippen molar-refractivity contribution < 1.29 is 13.9 Å². The molecule has 8 heteroatoms. The monoisotopic (exact) mass is 334 g/mol. The molecule has 0 spiro atoms. The lowest BCUT2D eigenvalue weighted by molar-refractivity contribution is -0.121. The second kappa shape index (κ2) is 6.86. The molecule has 2 heterocycles. The van der Waals surface area contributed by atoms with Crippen LogP contribution in [0.15, 0.2) is 23.0 Å². The molecule has 0 aliphatic carbocycles. The van der Waals surface area contributed by atoms with Crippen LogP contribution in [0.4, 0.5) is 4.39 Å². The highest BCUT2D eigenvalue weighted by molar-refractivity contribution is 5.78. The lowest BCUT2D eigenvalue weighted by Crippen LogP contribution is -2.36. The van der Waals surface area contributed by atoms with Gasteiger partial charge in [-0.1, -0.05) is 6.07 Å². The number of aromatic amines is 1. The molecule has 0 saturated carbocycles. The highest BCUT2D eigenvalue weighted by Crippen LogP contribution is 2.18. The Labute approximate surface area is 137 Å². The molecule has 3 rings (SSSR count). The Bertz CT molecular complexity index is 799. The molecule has 0 radical (unpaired) electrons. The van der Waals surface area contributed by atoms with Crippen molar-refractivity contribution in [2.75, 3.05) is 7.11 Å². The number of nitrogens with one attached hydrogen (secondary N) is 2. The Kier molecular flexibility index (Phi) is 4.64. The van der Waals surface area contributed by atoms with Crippen LogP contribution in [0.1, 0.15) is 24.2 Å². The lowest BCUT2D eigenvalue weighted by Gasteiger charge is -2.16. The number of aryl methyl sites for hydroxylation is 1. The van der Waals surface area contributed by atoms with Crippen LogP contribution in [0.2, 0.25) is 0 Å². The summed E-state index contributed by atoms with van der Waals surface area (Å²) in [4.78, 5) is 23.8. The van der Waals surface area contributed by atoms with Crippen LogP contribution in [0.5, 0.6) is 5.75 Å². The number of aromatic nitrogens is 3. The summed E-state index contributed by atoms with van der Waals surface area (Å²) in [6.07, 6.45) is 2.10. The summed E-state index contributed by atoms with van der Waals surface area (Å²) in [5, 5.41) is 9.37. The molecule has 24 heavy (non-hydrogen) atoms. The summed E-state index contributed by atoms with van der Waals surface area (Å²) >= 11 is 0. The fourth-order valence-corrected chi connectivity index (χ4v) is 2.93. The zero-order chi connectivity index (χ0) is 17.1. The van der Waals surface area contributed by atoms with Gasteiger partial charge in [0, 0.05) is 19.0 Å². The van der Waals surface area contributed by atoms with Crippen molar-refractivity contribution >= 4 is 5.91 Å². The first-order valence-corrected chi connectivity index (χ1v) is 7.82. The van der Waals surface area contributed by atoms with Gasteiger partial charge < -0.3 is 10.1 Å². The largest absolute Gasteiger partial charge is 0.494 e. The number of H-pyrrole nitrogens is 1. The van der Waals surface area contributed by atoms with Crippen molar-refractivity contribution in [3.8, 4) is 5.75 Å². The maximum Gasteiger partial charge on any atom is 0.343 e. The Balaban J connectivity index is 1.57. The van der Waals surface area contributed by atoms with E-state index in [-0.39, 0.29) is 29.8 Å². The maximum absolute atomic E-state index is 13.7. The first-order chi connectivity index (χ1) is 11.6. The number of amides is 1. The van der Waals surface area contributed by atoms with Gasteiger partial charge in [0.2, 0.25) is 5.91 Å². The van der Waals surface area contributed by atoms with E-state index >= 15 is 0 Å². The molecule has 128 valence electrons. The molecule has 1 atom stereocenters. The summed E-state index contributed by atoms with van der Waals surface area (Å²) in [5.74, 6) is 0.219. The van der Waals surface area contributed by atoms with Gasteiger partial charge in [-0.3, -0.25) is 9.36 Å². The second-order valence-corrected chi connectivity index (χ2v) is 5.83. The molecule has 0 saturated heterocycles. The third-order valence-electron chi connectivity index (χ3n) is 4.20. The minimum atomic E-state index is -0.484. The second-order valence-electron chi connectivity index (χ2n) is 5.83. The molecule has 1 aliphatic rings. The molecular formula is C16H19FN4O3. The van der Waals surface area contributed by atoms with Gasteiger partial charge in [-0.2, -0.15) is 5.10 Å². The predicted molar refractivity (Wildman–Crippen MR) is 84.4 cm³/mol. The summed E-state index contributed by atoms with van der Waals surface area (Å²) in [7, 11) is 1.40. The summed E-state index contributed by atoms with van der Waals surface area (Å²) < 4.78 is 20.1. The lowest BCUT2D eigenvalue weighted by atomic mass is 10.1. The number of carbonyl (C=O) groups excluding carboxylic acids is 1. The molecule has 1 aromatic carbocycles. The molecule has 7 nitrogen and oxygen atoms in total. The smallest absolute Gasteiger partial charge is 0.343 e. The Hall–Kier alpha value is -2.64. The first kappa shape index (κ1) is 16.2. The van der Waals surface area contributed by atoms with E-state index in [0.717, 1.165) is 0 Å². The van der Waals surface area contributed by atoms with E-state index in [0.29, 0.717) is 37.2 Å². The highest BCUT2D eigenvalue weighted by atomic mass is 19.1. The predicted octanol–water partition coefficient (Wildman–Crippen LogP) is 0.783. The number of hydrogen-bond donors (Lipinski definition) is 2. The fourth-order valence-electron chi connectivity index (χ4n) is 2.93. The van der Waals surface area contributed by atoms with Gasteiger partial charge >= 0.3 is 5.69 Å². The van der Waals surface area contributed by atoms with Gasteiger partial charge in [0.15, 0.2) is 11.6 Å². The normalized spacial score (nSPS) is 17.0. The van der Waals surface area contributed by atoms with E-state index < -0.39 is 5.82 Å².